The van der Waals surface area contributed by atoms with Crippen LogP contribution in [0.2, 0.25) is 0 Å². The zero-order chi connectivity index (χ0) is 14.4. The van der Waals surface area contributed by atoms with Crippen LogP contribution in [0.15, 0.2) is 12.3 Å². The first kappa shape index (κ1) is 13.2. The molecule has 19 heavy (non-hydrogen) atoms. The van der Waals surface area contributed by atoms with Crippen LogP contribution in [0.1, 0.15) is 17.2 Å². The van der Waals surface area contributed by atoms with Crippen molar-refractivity contribution in [1.29, 1.82) is 5.26 Å². The second kappa shape index (κ2) is 3.88. The van der Waals surface area contributed by atoms with Crippen LogP contribution in [0.4, 0.5) is 22.0 Å². The van der Waals surface area contributed by atoms with Crippen molar-refractivity contribution in [1.82, 2.24) is 14.4 Å². The monoisotopic (exact) mass is 276 g/mol. The van der Waals surface area contributed by atoms with Gasteiger partial charge in [0.15, 0.2) is 0 Å². The van der Waals surface area contributed by atoms with Crippen LogP contribution >= 0.6 is 0 Å². The zero-order valence-electron chi connectivity index (χ0n) is 9.33. The molecule has 100 valence electrons. The fourth-order valence-electron chi connectivity index (χ4n) is 1.50. The quantitative estimate of drug-likeness (QED) is 0.752. The standard InChI is InChI=1S/C10H5F5N4/c1-5-4-19-7(17-5)2-6(18-8(19)3-16)9(11,12)10(13,14)15/h2,4H,1H3. The summed E-state index contributed by atoms with van der Waals surface area (Å²) in [6.45, 7) is 1.51. The van der Waals surface area contributed by atoms with Crippen LogP contribution in [0.3, 0.4) is 0 Å². The molecule has 0 radical (unpaired) electrons. The van der Waals surface area contributed by atoms with Gasteiger partial charge in [-0.25, -0.2) is 9.97 Å². The first-order chi connectivity index (χ1) is 8.66. The molecule has 0 aliphatic rings. The summed E-state index contributed by atoms with van der Waals surface area (Å²) in [5.74, 6) is -5.72. The highest BCUT2D eigenvalue weighted by Crippen LogP contribution is 2.43. The molecule has 9 heteroatoms. The molecular weight excluding hydrogens is 271 g/mol. The van der Waals surface area contributed by atoms with E-state index in [2.05, 4.69) is 9.97 Å². The van der Waals surface area contributed by atoms with E-state index in [0.29, 0.717) is 11.8 Å². The summed E-state index contributed by atoms with van der Waals surface area (Å²) in [6.07, 6.45) is -4.47. The highest BCUT2D eigenvalue weighted by atomic mass is 19.4. The van der Waals surface area contributed by atoms with Gasteiger partial charge in [-0.3, -0.25) is 4.40 Å². The number of halogens is 5. The summed E-state index contributed by atoms with van der Waals surface area (Å²) in [6, 6.07) is 1.97. The van der Waals surface area contributed by atoms with Crippen molar-refractivity contribution in [2.45, 2.75) is 19.0 Å². The van der Waals surface area contributed by atoms with Crippen LogP contribution < -0.4 is 0 Å². The molecule has 0 aliphatic heterocycles. The van der Waals surface area contributed by atoms with Crippen LogP contribution in [-0.2, 0) is 5.92 Å². The molecule has 0 amide bonds. The number of fused-ring (bicyclic) bond motifs is 1. The van der Waals surface area contributed by atoms with Crippen molar-refractivity contribution >= 4 is 5.65 Å². The summed E-state index contributed by atoms with van der Waals surface area (Å²) < 4.78 is 64.2. The van der Waals surface area contributed by atoms with E-state index in [4.69, 9.17) is 5.26 Å². The first-order valence-corrected chi connectivity index (χ1v) is 4.88. The lowest BCUT2D eigenvalue weighted by molar-refractivity contribution is -0.290. The summed E-state index contributed by atoms with van der Waals surface area (Å²) in [5, 5.41) is 8.75. The molecule has 0 atom stereocenters. The highest BCUT2D eigenvalue weighted by Gasteiger charge is 2.60. The van der Waals surface area contributed by atoms with Gasteiger partial charge < -0.3 is 0 Å². The lowest BCUT2D eigenvalue weighted by Gasteiger charge is -2.18. The predicted molar refractivity (Wildman–Crippen MR) is 52.4 cm³/mol. The van der Waals surface area contributed by atoms with Crippen LogP contribution in [-0.4, -0.2) is 20.5 Å². The number of hydrogen-bond donors (Lipinski definition) is 0. The van der Waals surface area contributed by atoms with Gasteiger partial charge in [0.05, 0.1) is 5.69 Å². The zero-order valence-corrected chi connectivity index (χ0v) is 9.33. The van der Waals surface area contributed by atoms with Crippen molar-refractivity contribution < 1.29 is 22.0 Å². The van der Waals surface area contributed by atoms with Crippen LogP contribution in [0, 0.1) is 18.3 Å². The Balaban J connectivity index is 2.73. The van der Waals surface area contributed by atoms with Gasteiger partial charge in [-0.1, -0.05) is 0 Å². The Bertz CT molecular complexity index is 680. The van der Waals surface area contributed by atoms with Crippen molar-refractivity contribution in [3.8, 4) is 6.07 Å². The van der Waals surface area contributed by atoms with E-state index >= 15 is 0 Å². The molecule has 0 saturated heterocycles. The molecule has 0 bridgehead atoms. The maximum absolute atomic E-state index is 13.2. The summed E-state index contributed by atoms with van der Waals surface area (Å²) in [4.78, 5) is 6.81. The molecule has 0 N–H and O–H groups in total. The van der Waals surface area contributed by atoms with Gasteiger partial charge in [0, 0.05) is 12.3 Å². The van der Waals surface area contributed by atoms with E-state index in [0.717, 1.165) is 4.40 Å². The maximum Gasteiger partial charge on any atom is 0.459 e. The molecule has 0 unspecified atom stereocenters. The highest BCUT2D eigenvalue weighted by molar-refractivity contribution is 5.45. The minimum Gasteiger partial charge on any atom is -0.275 e. The minimum absolute atomic E-state index is 0.192. The van der Waals surface area contributed by atoms with Gasteiger partial charge in [0.25, 0.3) is 0 Å². The van der Waals surface area contributed by atoms with Crippen molar-refractivity contribution in [3.05, 3.63) is 29.5 Å². The third-order valence-corrected chi connectivity index (χ3v) is 2.35. The number of aryl methyl sites for hydroxylation is 1. The number of aromatic nitrogens is 3. The average molecular weight is 276 g/mol. The minimum atomic E-state index is -5.79. The summed E-state index contributed by atoms with van der Waals surface area (Å²) in [5.41, 5.74) is -1.37. The Morgan fingerprint density at radius 1 is 1.21 bits per heavy atom. The molecule has 0 saturated carbocycles. The lowest BCUT2D eigenvalue weighted by atomic mass is 10.2. The Morgan fingerprint density at radius 2 is 1.84 bits per heavy atom. The number of alkyl halides is 5. The third-order valence-electron chi connectivity index (χ3n) is 2.35. The van der Waals surface area contributed by atoms with Crippen molar-refractivity contribution in [2.24, 2.45) is 0 Å². The van der Waals surface area contributed by atoms with Gasteiger partial charge in [-0.2, -0.15) is 27.2 Å². The smallest absolute Gasteiger partial charge is 0.275 e. The van der Waals surface area contributed by atoms with E-state index in [9.17, 15) is 22.0 Å². The van der Waals surface area contributed by atoms with Gasteiger partial charge in [-0.05, 0) is 6.92 Å². The summed E-state index contributed by atoms with van der Waals surface area (Å²) >= 11 is 0. The number of imidazole rings is 1. The molecule has 2 aromatic rings. The van der Waals surface area contributed by atoms with Crippen molar-refractivity contribution in [3.63, 3.8) is 0 Å². The van der Waals surface area contributed by atoms with E-state index < -0.39 is 23.6 Å². The number of rotatable bonds is 1. The molecule has 0 fully saturated rings. The average Bonchev–Trinajstić information content (AvgIpc) is 2.66. The Hall–Kier alpha value is -2.24. The van der Waals surface area contributed by atoms with Crippen LogP contribution in [0.25, 0.3) is 5.65 Å². The molecule has 0 aromatic carbocycles. The molecule has 2 rings (SSSR count). The topological polar surface area (TPSA) is 54.0 Å². The van der Waals surface area contributed by atoms with E-state index in [1.807, 2.05) is 0 Å². The number of nitrogens with zero attached hydrogens (tertiary/aromatic N) is 4. The van der Waals surface area contributed by atoms with E-state index in [1.165, 1.54) is 19.2 Å². The normalized spacial score (nSPS) is 12.7. The number of hydrogen-bond acceptors (Lipinski definition) is 3. The largest absolute Gasteiger partial charge is 0.459 e. The first-order valence-electron chi connectivity index (χ1n) is 4.88. The van der Waals surface area contributed by atoms with Crippen molar-refractivity contribution in [2.75, 3.05) is 0 Å². The van der Waals surface area contributed by atoms with E-state index in [1.54, 1.807) is 0 Å². The molecular formula is C10H5F5N4. The van der Waals surface area contributed by atoms with Gasteiger partial charge in [0.1, 0.15) is 17.4 Å². The fourth-order valence-corrected chi connectivity index (χ4v) is 1.50. The SMILES string of the molecule is Cc1cn2c(C#N)nc(C(F)(F)C(F)(F)F)cc2n1. The van der Waals surface area contributed by atoms with E-state index in [-0.39, 0.29) is 5.65 Å². The molecule has 0 aliphatic carbocycles. The molecule has 4 nitrogen and oxygen atoms in total. The maximum atomic E-state index is 13.2. The molecule has 0 spiro atoms. The predicted octanol–water partition coefficient (Wildman–Crippen LogP) is 2.56. The van der Waals surface area contributed by atoms with Gasteiger partial charge in [-0.15, -0.1) is 0 Å². The number of nitriles is 1. The second-order valence-corrected chi connectivity index (χ2v) is 3.76. The third kappa shape index (κ3) is 1.99. The fraction of sp³-hybridized carbons (Fsp3) is 0.300. The van der Waals surface area contributed by atoms with Gasteiger partial charge in [0.2, 0.25) is 5.82 Å². The Morgan fingerprint density at radius 3 is 2.37 bits per heavy atom. The van der Waals surface area contributed by atoms with Crippen LogP contribution in [0.5, 0.6) is 0 Å². The Kier molecular flexibility index (Phi) is 2.69. The second-order valence-electron chi connectivity index (χ2n) is 3.76. The molecule has 2 heterocycles. The lowest BCUT2D eigenvalue weighted by Crippen LogP contribution is -2.35. The van der Waals surface area contributed by atoms with Gasteiger partial charge >= 0.3 is 12.1 Å². The summed E-state index contributed by atoms with van der Waals surface area (Å²) in [7, 11) is 0. The molecule has 2 aromatic heterocycles. The Labute approximate surface area is 103 Å².